The summed E-state index contributed by atoms with van der Waals surface area (Å²) in [5, 5.41) is 8.58. The summed E-state index contributed by atoms with van der Waals surface area (Å²) in [5.41, 5.74) is 7.01. The van der Waals surface area contributed by atoms with E-state index in [1.807, 2.05) is 0 Å². The largest absolute Gasteiger partial charge is 0.494 e. The van der Waals surface area contributed by atoms with Crippen LogP contribution in [0.3, 0.4) is 0 Å². The summed E-state index contributed by atoms with van der Waals surface area (Å²) in [6, 6.07) is 5.19. The van der Waals surface area contributed by atoms with E-state index in [0.29, 0.717) is 27.0 Å². The third-order valence-electron chi connectivity index (χ3n) is 5.63. The van der Waals surface area contributed by atoms with Crippen LogP contribution >= 0.6 is 0 Å². The van der Waals surface area contributed by atoms with E-state index in [1.54, 1.807) is 18.2 Å². The second kappa shape index (κ2) is 7.67. The molecule has 2 N–H and O–H groups in total. The van der Waals surface area contributed by atoms with Gasteiger partial charge in [0.15, 0.2) is 11.5 Å². The van der Waals surface area contributed by atoms with Crippen molar-refractivity contribution in [2.75, 3.05) is 30.8 Å². The fourth-order valence-electron chi connectivity index (χ4n) is 4.23. The highest BCUT2D eigenvalue weighted by molar-refractivity contribution is 5.95. The lowest BCUT2D eigenvalue weighted by Crippen LogP contribution is -2.46. The Morgan fingerprint density at radius 3 is 2.76 bits per heavy atom. The molecule has 0 amide bonds. The number of hydrogen-bond acceptors (Lipinski definition) is 7. The minimum absolute atomic E-state index is 0.0126. The van der Waals surface area contributed by atoms with Crippen molar-refractivity contribution in [1.29, 1.82) is 0 Å². The normalized spacial score (nSPS) is 18.6. The molecule has 4 heterocycles. The molecule has 1 atom stereocenters. The number of nitrogen functional groups attached to an aromatic ring is 1. The molecule has 4 aromatic rings. The summed E-state index contributed by atoms with van der Waals surface area (Å²) < 4.78 is 74.6. The number of para-hydroxylation sites is 1. The number of aromatic nitrogens is 6. The van der Waals surface area contributed by atoms with Crippen LogP contribution in [0.15, 0.2) is 30.6 Å². The molecule has 1 saturated heterocycles. The van der Waals surface area contributed by atoms with Crippen LogP contribution < -0.4 is 15.4 Å². The molecule has 180 valence electrons. The molecule has 9 nitrogen and oxygen atoms in total. The molecule has 0 unspecified atom stereocenters. The Balaban J connectivity index is 1.51. The minimum atomic E-state index is -4.47. The van der Waals surface area contributed by atoms with Crippen LogP contribution in [0.25, 0.3) is 16.6 Å². The summed E-state index contributed by atoms with van der Waals surface area (Å²) in [6.45, 7) is -1.89. The molecule has 0 bridgehead atoms. The van der Waals surface area contributed by atoms with Gasteiger partial charge in [0, 0.05) is 30.5 Å². The van der Waals surface area contributed by atoms with E-state index >= 15 is 0 Å². The van der Waals surface area contributed by atoms with Crippen LogP contribution in [0.1, 0.15) is 18.2 Å². The van der Waals surface area contributed by atoms with E-state index in [-0.39, 0.29) is 24.0 Å². The summed E-state index contributed by atoms with van der Waals surface area (Å²) >= 11 is 0. The van der Waals surface area contributed by atoms with E-state index in [9.17, 15) is 22.0 Å². The second-order valence-electron chi connectivity index (χ2n) is 8.18. The standard InChI is InChI=1S/C20H19F5N8O/c1-34-14-4-2-3-13-15(14)28-18(26)33-17(13)29-16(30-33)11-5-19(21,22)9-31(7-11)12-6-27-32(8-12)10-20(23,24)25/h2-4,6,8,11H,5,7,9-10H2,1H3,(H2,26,28)/t11-/m0/s1. The first-order valence-electron chi connectivity index (χ1n) is 10.2. The zero-order valence-corrected chi connectivity index (χ0v) is 17.8. The van der Waals surface area contributed by atoms with Gasteiger partial charge in [0.05, 0.1) is 25.5 Å². The Morgan fingerprint density at radius 1 is 1.24 bits per heavy atom. The highest BCUT2D eigenvalue weighted by Crippen LogP contribution is 2.38. The molecule has 1 aromatic carbocycles. The quantitative estimate of drug-likeness (QED) is 0.446. The van der Waals surface area contributed by atoms with Gasteiger partial charge in [-0.2, -0.15) is 22.8 Å². The molecule has 1 fully saturated rings. The van der Waals surface area contributed by atoms with Gasteiger partial charge in [-0.25, -0.2) is 18.7 Å². The topological polar surface area (TPSA) is 99.4 Å². The number of alkyl halides is 5. The lowest BCUT2D eigenvalue weighted by molar-refractivity contribution is -0.142. The van der Waals surface area contributed by atoms with Gasteiger partial charge < -0.3 is 15.4 Å². The Morgan fingerprint density at radius 2 is 2.03 bits per heavy atom. The zero-order valence-electron chi connectivity index (χ0n) is 17.8. The van der Waals surface area contributed by atoms with Crippen molar-refractivity contribution in [2.24, 2.45) is 0 Å². The average molecular weight is 482 g/mol. The van der Waals surface area contributed by atoms with Gasteiger partial charge in [-0.05, 0) is 12.1 Å². The van der Waals surface area contributed by atoms with Crippen LogP contribution in [-0.4, -0.2) is 61.7 Å². The molecule has 3 aromatic heterocycles. The van der Waals surface area contributed by atoms with Crippen LogP contribution in [-0.2, 0) is 6.54 Å². The van der Waals surface area contributed by atoms with Gasteiger partial charge >= 0.3 is 6.18 Å². The molecule has 0 saturated carbocycles. The third-order valence-corrected chi connectivity index (χ3v) is 5.63. The SMILES string of the molecule is COc1cccc2c1nc(N)n1nc([C@@H]3CN(c4cnn(CC(F)(F)F)c4)CC(F)(F)C3)nc21. The molecular weight excluding hydrogens is 463 g/mol. The highest BCUT2D eigenvalue weighted by atomic mass is 19.4. The van der Waals surface area contributed by atoms with Crippen LogP contribution in [0, 0.1) is 0 Å². The molecule has 1 aliphatic rings. The number of nitrogens with zero attached hydrogens (tertiary/aromatic N) is 7. The molecule has 34 heavy (non-hydrogen) atoms. The highest BCUT2D eigenvalue weighted by Gasteiger charge is 2.43. The van der Waals surface area contributed by atoms with Crippen molar-refractivity contribution in [3.63, 3.8) is 0 Å². The van der Waals surface area contributed by atoms with Gasteiger partial charge in [-0.15, -0.1) is 5.10 Å². The smallest absolute Gasteiger partial charge is 0.408 e. The van der Waals surface area contributed by atoms with Gasteiger partial charge in [0.1, 0.15) is 17.8 Å². The number of nitrogens with two attached hydrogens (primary N) is 1. The first-order valence-corrected chi connectivity index (χ1v) is 10.2. The van der Waals surface area contributed by atoms with Crippen molar-refractivity contribution in [3.05, 3.63) is 36.4 Å². The first kappa shape index (κ1) is 22.1. The Labute approximate surface area is 188 Å². The average Bonchev–Trinajstić information content (AvgIpc) is 3.39. The Kier molecular flexibility index (Phi) is 4.98. The van der Waals surface area contributed by atoms with Crippen molar-refractivity contribution in [1.82, 2.24) is 29.4 Å². The molecule has 0 aliphatic carbocycles. The number of fused-ring (bicyclic) bond motifs is 3. The van der Waals surface area contributed by atoms with E-state index in [1.165, 1.54) is 16.5 Å². The predicted molar refractivity (Wildman–Crippen MR) is 112 cm³/mol. The van der Waals surface area contributed by atoms with Gasteiger partial charge in [0.2, 0.25) is 5.95 Å². The second-order valence-corrected chi connectivity index (χ2v) is 8.18. The summed E-state index contributed by atoms with van der Waals surface area (Å²) in [6.07, 6.45) is -2.75. The van der Waals surface area contributed by atoms with Gasteiger partial charge in [-0.3, -0.25) is 4.68 Å². The number of ether oxygens (including phenoxy) is 1. The number of rotatable bonds is 4. The minimum Gasteiger partial charge on any atom is -0.494 e. The summed E-state index contributed by atoms with van der Waals surface area (Å²) in [7, 11) is 1.49. The molecule has 1 aliphatic heterocycles. The lowest BCUT2D eigenvalue weighted by atomic mass is 9.94. The summed E-state index contributed by atoms with van der Waals surface area (Å²) in [5.74, 6) is -3.31. The van der Waals surface area contributed by atoms with Crippen molar-refractivity contribution >= 4 is 28.2 Å². The van der Waals surface area contributed by atoms with Crippen molar-refractivity contribution in [3.8, 4) is 5.75 Å². The number of halogens is 5. The lowest BCUT2D eigenvalue weighted by Gasteiger charge is -2.37. The fraction of sp³-hybridized carbons (Fsp3) is 0.400. The Hall–Kier alpha value is -3.71. The maximum atomic E-state index is 14.7. The Bertz CT molecular complexity index is 1360. The monoisotopic (exact) mass is 482 g/mol. The van der Waals surface area contributed by atoms with E-state index < -0.39 is 37.5 Å². The maximum Gasteiger partial charge on any atom is 0.408 e. The zero-order chi connectivity index (χ0) is 24.3. The number of anilines is 2. The molecule has 5 rings (SSSR count). The van der Waals surface area contributed by atoms with E-state index in [0.717, 1.165) is 12.4 Å². The predicted octanol–water partition coefficient (Wildman–Crippen LogP) is 3.26. The van der Waals surface area contributed by atoms with Crippen LogP contribution in [0.5, 0.6) is 5.75 Å². The number of benzene rings is 1. The van der Waals surface area contributed by atoms with E-state index in [4.69, 9.17) is 10.5 Å². The van der Waals surface area contributed by atoms with Gasteiger partial charge in [-0.1, -0.05) is 6.07 Å². The van der Waals surface area contributed by atoms with Gasteiger partial charge in [0.25, 0.3) is 5.92 Å². The molecule has 0 radical (unpaired) electrons. The first-order chi connectivity index (χ1) is 16.0. The summed E-state index contributed by atoms with van der Waals surface area (Å²) in [4.78, 5) is 10.1. The number of piperidine rings is 1. The van der Waals surface area contributed by atoms with Crippen molar-refractivity contribution in [2.45, 2.75) is 31.0 Å². The van der Waals surface area contributed by atoms with Crippen LogP contribution in [0.4, 0.5) is 33.6 Å². The third kappa shape index (κ3) is 4.03. The number of hydrogen-bond donors (Lipinski definition) is 1. The molecule has 0 spiro atoms. The molecular formula is C20H19F5N8O. The van der Waals surface area contributed by atoms with Crippen LogP contribution in [0.2, 0.25) is 0 Å². The van der Waals surface area contributed by atoms with Crippen molar-refractivity contribution < 1.29 is 26.7 Å². The number of methoxy groups -OCH3 is 1. The fourth-order valence-corrected chi connectivity index (χ4v) is 4.23. The maximum absolute atomic E-state index is 14.7. The molecule has 14 heteroatoms. The van der Waals surface area contributed by atoms with E-state index in [2.05, 4.69) is 20.2 Å².